The minimum absolute atomic E-state index is 0.569. The highest BCUT2D eigenvalue weighted by Crippen LogP contribution is 2.31. The van der Waals surface area contributed by atoms with Crippen molar-refractivity contribution in [2.45, 2.75) is 6.92 Å². The van der Waals surface area contributed by atoms with Crippen molar-refractivity contribution in [1.82, 2.24) is 0 Å². The molecule has 0 saturated carbocycles. The Morgan fingerprint density at radius 2 is 1.71 bits per heavy atom. The van der Waals surface area contributed by atoms with Gasteiger partial charge in [-0.15, -0.1) is 0 Å². The lowest BCUT2D eigenvalue weighted by Gasteiger charge is -2.09. The number of halogens is 2. The van der Waals surface area contributed by atoms with Gasteiger partial charge in [0.15, 0.2) is 0 Å². The van der Waals surface area contributed by atoms with Crippen LogP contribution in [0, 0.1) is 6.92 Å². The Balaban J connectivity index is 2.49. The molecule has 2 aromatic carbocycles. The first kappa shape index (κ1) is 12.3. The monoisotopic (exact) mass is 266 g/mol. The number of hydrogen-bond acceptors (Lipinski definition) is 1. The van der Waals surface area contributed by atoms with Crippen LogP contribution < -0.4 is 4.74 Å². The maximum Gasteiger partial charge on any atom is 0.119 e. The number of methoxy groups -OCH3 is 1. The average Bonchev–Trinajstić information content (AvgIpc) is 2.32. The van der Waals surface area contributed by atoms with E-state index >= 15 is 0 Å². The first-order valence-corrected chi connectivity index (χ1v) is 5.97. The number of aryl methyl sites for hydroxylation is 1. The van der Waals surface area contributed by atoms with E-state index in [0.717, 1.165) is 22.4 Å². The minimum atomic E-state index is 0.569. The third-order valence-electron chi connectivity index (χ3n) is 2.66. The van der Waals surface area contributed by atoms with Crippen molar-refractivity contribution in [2.24, 2.45) is 0 Å². The quantitative estimate of drug-likeness (QED) is 0.745. The highest BCUT2D eigenvalue weighted by Gasteiger charge is 2.05. The van der Waals surface area contributed by atoms with E-state index in [2.05, 4.69) is 0 Å². The maximum absolute atomic E-state index is 6.02. The molecule has 0 fully saturated rings. The predicted octanol–water partition coefficient (Wildman–Crippen LogP) is 4.98. The van der Waals surface area contributed by atoms with Gasteiger partial charge in [0.05, 0.1) is 17.2 Å². The number of hydrogen-bond donors (Lipinski definition) is 0. The van der Waals surface area contributed by atoms with Crippen LogP contribution in [0.15, 0.2) is 36.4 Å². The van der Waals surface area contributed by atoms with Crippen molar-refractivity contribution >= 4 is 23.2 Å². The van der Waals surface area contributed by atoms with Gasteiger partial charge in [0.2, 0.25) is 0 Å². The second-order valence-corrected chi connectivity index (χ2v) is 4.62. The van der Waals surface area contributed by atoms with Crippen molar-refractivity contribution in [2.75, 3.05) is 7.11 Å². The molecule has 0 atom stereocenters. The number of ether oxygens (including phenoxy) is 1. The molecule has 88 valence electrons. The van der Waals surface area contributed by atoms with Gasteiger partial charge in [-0.2, -0.15) is 0 Å². The van der Waals surface area contributed by atoms with Crippen molar-refractivity contribution in [3.8, 4) is 16.9 Å². The van der Waals surface area contributed by atoms with E-state index in [1.807, 2.05) is 43.3 Å². The molecule has 0 bridgehead atoms. The van der Waals surface area contributed by atoms with Crippen molar-refractivity contribution in [3.63, 3.8) is 0 Å². The smallest absolute Gasteiger partial charge is 0.119 e. The Hall–Kier alpha value is -1.18. The molecule has 1 nitrogen and oxygen atoms in total. The van der Waals surface area contributed by atoms with Gasteiger partial charge in [-0.05, 0) is 47.9 Å². The van der Waals surface area contributed by atoms with Gasteiger partial charge in [-0.25, -0.2) is 0 Å². The Morgan fingerprint density at radius 3 is 2.29 bits per heavy atom. The Labute approximate surface area is 111 Å². The normalized spacial score (nSPS) is 10.4. The summed E-state index contributed by atoms with van der Waals surface area (Å²) in [6.45, 7) is 2.04. The molecule has 0 aromatic heterocycles. The Bertz CT molecular complexity index is 550. The van der Waals surface area contributed by atoms with E-state index in [1.54, 1.807) is 7.11 Å². The van der Waals surface area contributed by atoms with Crippen LogP contribution in [0.25, 0.3) is 11.1 Å². The maximum atomic E-state index is 6.02. The van der Waals surface area contributed by atoms with E-state index < -0.39 is 0 Å². The molecule has 0 saturated heterocycles. The van der Waals surface area contributed by atoms with E-state index in [1.165, 1.54) is 0 Å². The molecular formula is C14H12Cl2O. The van der Waals surface area contributed by atoms with Gasteiger partial charge in [0, 0.05) is 0 Å². The van der Waals surface area contributed by atoms with Crippen LogP contribution in [-0.2, 0) is 0 Å². The van der Waals surface area contributed by atoms with E-state index in [0.29, 0.717) is 10.0 Å². The molecule has 0 radical (unpaired) electrons. The molecule has 2 aromatic rings. The van der Waals surface area contributed by atoms with Crippen molar-refractivity contribution < 1.29 is 4.74 Å². The lowest BCUT2D eigenvalue weighted by molar-refractivity contribution is 0.414. The van der Waals surface area contributed by atoms with Crippen LogP contribution in [-0.4, -0.2) is 7.11 Å². The summed E-state index contributed by atoms with van der Waals surface area (Å²) in [6.07, 6.45) is 0. The van der Waals surface area contributed by atoms with Gasteiger partial charge in [0.1, 0.15) is 5.75 Å². The number of rotatable bonds is 2. The summed E-state index contributed by atoms with van der Waals surface area (Å²) >= 11 is 11.9. The summed E-state index contributed by atoms with van der Waals surface area (Å²) in [4.78, 5) is 0. The second-order valence-electron chi connectivity index (χ2n) is 3.81. The van der Waals surface area contributed by atoms with Gasteiger partial charge in [-0.3, -0.25) is 0 Å². The van der Waals surface area contributed by atoms with E-state index in [-0.39, 0.29) is 0 Å². The molecule has 0 aliphatic rings. The highest BCUT2D eigenvalue weighted by atomic mass is 35.5. The van der Waals surface area contributed by atoms with Crippen molar-refractivity contribution in [3.05, 3.63) is 52.0 Å². The topological polar surface area (TPSA) is 9.23 Å². The van der Waals surface area contributed by atoms with Gasteiger partial charge < -0.3 is 4.74 Å². The largest absolute Gasteiger partial charge is 0.497 e. The van der Waals surface area contributed by atoms with Crippen LogP contribution in [0.3, 0.4) is 0 Å². The summed E-state index contributed by atoms with van der Waals surface area (Å²) in [6, 6.07) is 11.6. The SMILES string of the molecule is COc1ccc(-c2ccc(Cl)c(Cl)c2)c(C)c1. The Morgan fingerprint density at radius 1 is 0.941 bits per heavy atom. The molecule has 0 amide bonds. The zero-order valence-corrected chi connectivity index (χ0v) is 11.1. The Kier molecular flexibility index (Phi) is 3.60. The third-order valence-corrected chi connectivity index (χ3v) is 3.40. The lowest BCUT2D eigenvalue weighted by atomic mass is 10.0. The third kappa shape index (κ3) is 2.56. The van der Waals surface area contributed by atoms with Crippen LogP contribution in [0.5, 0.6) is 5.75 Å². The molecule has 2 rings (SSSR count). The zero-order chi connectivity index (χ0) is 12.4. The second kappa shape index (κ2) is 4.99. The summed E-state index contributed by atoms with van der Waals surface area (Å²) in [7, 11) is 1.66. The van der Waals surface area contributed by atoms with Crippen LogP contribution in [0.4, 0.5) is 0 Å². The summed E-state index contributed by atoms with van der Waals surface area (Å²) < 4.78 is 5.18. The molecule has 0 aliphatic heterocycles. The average molecular weight is 267 g/mol. The molecule has 0 aliphatic carbocycles. The predicted molar refractivity (Wildman–Crippen MR) is 73.2 cm³/mol. The van der Waals surface area contributed by atoms with Crippen molar-refractivity contribution in [1.29, 1.82) is 0 Å². The van der Waals surface area contributed by atoms with Crippen LogP contribution in [0.1, 0.15) is 5.56 Å². The molecule has 0 unspecified atom stereocenters. The first-order chi connectivity index (χ1) is 8.11. The zero-order valence-electron chi connectivity index (χ0n) is 9.63. The fraction of sp³-hybridized carbons (Fsp3) is 0.143. The summed E-state index contributed by atoms with van der Waals surface area (Å²) in [5.41, 5.74) is 3.33. The molecule has 0 N–H and O–H groups in total. The van der Waals surface area contributed by atoms with Gasteiger partial charge >= 0.3 is 0 Å². The van der Waals surface area contributed by atoms with E-state index in [4.69, 9.17) is 27.9 Å². The van der Waals surface area contributed by atoms with Gasteiger partial charge in [0.25, 0.3) is 0 Å². The first-order valence-electron chi connectivity index (χ1n) is 5.22. The fourth-order valence-electron chi connectivity index (χ4n) is 1.75. The highest BCUT2D eigenvalue weighted by molar-refractivity contribution is 6.42. The minimum Gasteiger partial charge on any atom is -0.497 e. The molecule has 0 spiro atoms. The molecule has 17 heavy (non-hydrogen) atoms. The van der Waals surface area contributed by atoms with Crippen LogP contribution >= 0.6 is 23.2 Å². The summed E-state index contributed by atoms with van der Waals surface area (Å²) in [5, 5.41) is 1.14. The molecule has 0 heterocycles. The molecule has 3 heteroatoms. The standard InChI is InChI=1S/C14H12Cl2O/c1-9-7-11(17-2)4-5-12(9)10-3-6-13(15)14(16)8-10/h3-8H,1-2H3. The molecular weight excluding hydrogens is 255 g/mol. The lowest BCUT2D eigenvalue weighted by Crippen LogP contribution is -1.87. The van der Waals surface area contributed by atoms with Crippen LogP contribution in [0.2, 0.25) is 10.0 Å². The van der Waals surface area contributed by atoms with E-state index in [9.17, 15) is 0 Å². The summed E-state index contributed by atoms with van der Waals surface area (Å²) in [5.74, 6) is 0.853. The van der Waals surface area contributed by atoms with Gasteiger partial charge in [-0.1, -0.05) is 35.3 Å². The number of benzene rings is 2. The fourth-order valence-corrected chi connectivity index (χ4v) is 2.05.